The van der Waals surface area contributed by atoms with Gasteiger partial charge in [-0.1, -0.05) is 24.3 Å². The van der Waals surface area contributed by atoms with Gasteiger partial charge < -0.3 is 14.6 Å². The number of benzene rings is 1. The minimum absolute atomic E-state index is 0.234. The van der Waals surface area contributed by atoms with Gasteiger partial charge in [0.1, 0.15) is 12.4 Å². The molecule has 0 bridgehead atoms. The van der Waals surface area contributed by atoms with Gasteiger partial charge in [0.15, 0.2) is 0 Å². The third-order valence-corrected chi connectivity index (χ3v) is 5.02. The number of rotatable bonds is 8. The molecule has 1 aliphatic carbocycles. The zero-order chi connectivity index (χ0) is 19.1. The Morgan fingerprint density at radius 2 is 2.00 bits per heavy atom. The maximum Gasteiger partial charge on any atom is 0.329 e. The summed E-state index contributed by atoms with van der Waals surface area (Å²) in [5.74, 6) is 0.434. The van der Waals surface area contributed by atoms with Crippen molar-refractivity contribution in [2.45, 2.75) is 51.0 Å². The molecular weight excluding hydrogens is 342 g/mol. The highest BCUT2D eigenvalue weighted by Crippen LogP contribution is 2.34. The average Bonchev–Trinajstić information content (AvgIpc) is 2.68. The smallest absolute Gasteiger partial charge is 0.329 e. The van der Waals surface area contributed by atoms with Crippen molar-refractivity contribution in [1.29, 1.82) is 0 Å². The molecule has 1 saturated carbocycles. The van der Waals surface area contributed by atoms with E-state index < -0.39 is 5.97 Å². The zero-order valence-corrected chi connectivity index (χ0v) is 15.8. The number of aliphatic carboxylic acids is 1. The normalized spacial score (nSPS) is 19.6. The van der Waals surface area contributed by atoms with Crippen molar-refractivity contribution in [1.82, 2.24) is 4.98 Å². The fourth-order valence-corrected chi connectivity index (χ4v) is 3.58. The monoisotopic (exact) mass is 369 g/mol. The highest BCUT2D eigenvalue weighted by atomic mass is 16.5. The lowest BCUT2D eigenvalue weighted by molar-refractivity contribution is -0.142. The van der Waals surface area contributed by atoms with Gasteiger partial charge in [-0.2, -0.15) is 0 Å². The van der Waals surface area contributed by atoms with Crippen molar-refractivity contribution >= 4 is 5.97 Å². The minimum Gasteiger partial charge on any atom is -0.489 e. The minimum atomic E-state index is -0.930. The van der Waals surface area contributed by atoms with E-state index >= 15 is 0 Å². The highest BCUT2D eigenvalue weighted by Gasteiger charge is 2.24. The van der Waals surface area contributed by atoms with Crippen LogP contribution >= 0.6 is 0 Å². The molecule has 3 rings (SSSR count). The zero-order valence-electron chi connectivity index (χ0n) is 15.8. The molecule has 1 N–H and O–H groups in total. The predicted molar refractivity (Wildman–Crippen MR) is 103 cm³/mol. The lowest BCUT2D eigenvalue weighted by Crippen LogP contribution is -2.24. The summed E-state index contributed by atoms with van der Waals surface area (Å²) in [5, 5.41) is 8.58. The maximum absolute atomic E-state index is 10.4. The second-order valence-electron chi connectivity index (χ2n) is 7.18. The van der Waals surface area contributed by atoms with Crippen LogP contribution in [0.4, 0.5) is 0 Å². The van der Waals surface area contributed by atoms with E-state index in [-0.39, 0.29) is 12.7 Å². The summed E-state index contributed by atoms with van der Waals surface area (Å²) in [6.07, 6.45) is 7.23. The van der Waals surface area contributed by atoms with Gasteiger partial charge in [-0.15, -0.1) is 0 Å². The molecule has 0 spiro atoms. The Bertz CT molecular complexity index is 727. The van der Waals surface area contributed by atoms with Gasteiger partial charge in [-0.05, 0) is 68.2 Å². The Kier molecular flexibility index (Phi) is 6.82. The number of aromatic nitrogens is 1. The van der Waals surface area contributed by atoms with Crippen molar-refractivity contribution in [3.05, 3.63) is 59.4 Å². The van der Waals surface area contributed by atoms with Crippen molar-refractivity contribution in [2.75, 3.05) is 13.2 Å². The summed E-state index contributed by atoms with van der Waals surface area (Å²) in [5.41, 5.74) is 3.51. The fraction of sp³-hybridized carbons (Fsp3) is 0.455. The summed E-state index contributed by atoms with van der Waals surface area (Å²) >= 11 is 0. The number of aryl methyl sites for hydroxylation is 1. The Labute approximate surface area is 160 Å². The summed E-state index contributed by atoms with van der Waals surface area (Å²) in [7, 11) is 0. The van der Waals surface area contributed by atoms with Gasteiger partial charge in [-0.25, -0.2) is 4.79 Å². The fourth-order valence-electron chi connectivity index (χ4n) is 3.58. The Hall–Kier alpha value is -2.40. The van der Waals surface area contributed by atoms with Crippen LogP contribution < -0.4 is 4.74 Å². The van der Waals surface area contributed by atoms with E-state index in [0.29, 0.717) is 12.5 Å². The largest absolute Gasteiger partial charge is 0.489 e. The summed E-state index contributed by atoms with van der Waals surface area (Å²) in [6.45, 7) is 2.16. The van der Waals surface area contributed by atoms with E-state index in [1.165, 1.54) is 24.0 Å². The molecule has 1 fully saturated rings. The first kappa shape index (κ1) is 19.4. The van der Waals surface area contributed by atoms with E-state index in [1.807, 2.05) is 19.1 Å². The molecule has 0 amide bonds. The van der Waals surface area contributed by atoms with Crippen LogP contribution in [0.15, 0.2) is 42.6 Å². The molecular formula is C22H27NO4. The van der Waals surface area contributed by atoms with Crippen LogP contribution in [0.5, 0.6) is 5.75 Å². The maximum atomic E-state index is 10.4. The molecule has 1 aliphatic rings. The highest BCUT2D eigenvalue weighted by molar-refractivity contribution is 5.67. The van der Waals surface area contributed by atoms with Crippen molar-refractivity contribution in [3.8, 4) is 5.75 Å². The number of nitrogens with zero attached hydrogens (tertiary/aromatic N) is 1. The van der Waals surface area contributed by atoms with Crippen molar-refractivity contribution in [3.63, 3.8) is 0 Å². The van der Waals surface area contributed by atoms with Gasteiger partial charge in [0.05, 0.1) is 18.9 Å². The van der Waals surface area contributed by atoms with Crippen LogP contribution in [0.25, 0.3) is 0 Å². The third-order valence-electron chi connectivity index (χ3n) is 5.02. The van der Waals surface area contributed by atoms with Crippen LogP contribution in [0.3, 0.4) is 0 Å². The molecule has 0 radical (unpaired) electrons. The molecule has 2 atom stereocenters. The summed E-state index contributed by atoms with van der Waals surface area (Å²) < 4.78 is 11.2. The number of hydrogen-bond donors (Lipinski definition) is 1. The number of ether oxygens (including phenoxy) is 2. The molecule has 0 aliphatic heterocycles. The molecule has 2 aromatic rings. The molecule has 0 saturated heterocycles. The van der Waals surface area contributed by atoms with E-state index in [0.717, 1.165) is 30.7 Å². The molecule has 5 nitrogen and oxygen atoms in total. The average molecular weight is 369 g/mol. The lowest BCUT2D eigenvalue weighted by Gasteiger charge is -2.30. The predicted octanol–water partition coefficient (Wildman–Crippen LogP) is 4.14. The quantitative estimate of drug-likeness (QED) is 0.708. The molecule has 27 heavy (non-hydrogen) atoms. The second kappa shape index (κ2) is 9.51. The van der Waals surface area contributed by atoms with Gasteiger partial charge in [0.2, 0.25) is 0 Å². The molecule has 1 heterocycles. The Balaban J connectivity index is 1.51. The van der Waals surface area contributed by atoms with Crippen LogP contribution in [0.1, 0.15) is 48.4 Å². The summed E-state index contributed by atoms with van der Waals surface area (Å²) in [4.78, 5) is 14.8. The van der Waals surface area contributed by atoms with E-state index in [1.54, 1.807) is 6.20 Å². The third kappa shape index (κ3) is 6.07. The second-order valence-corrected chi connectivity index (χ2v) is 7.18. The molecule has 2 unspecified atom stereocenters. The van der Waals surface area contributed by atoms with E-state index in [9.17, 15) is 4.79 Å². The summed E-state index contributed by atoms with van der Waals surface area (Å²) in [6, 6.07) is 12.6. The number of carboxylic acids is 1. The topological polar surface area (TPSA) is 68.7 Å². The first-order valence-corrected chi connectivity index (χ1v) is 9.58. The van der Waals surface area contributed by atoms with Gasteiger partial charge in [0, 0.05) is 5.69 Å². The standard InChI is InChI=1S/C22H27NO4/c1-16-5-10-21(14-23-16)27-20-4-2-3-19(13-20)18-8-6-17(7-9-18)11-12-26-15-22(24)25/h5-10,14,19-20H,2-4,11-13,15H2,1H3,(H,24,25). The van der Waals surface area contributed by atoms with Crippen LogP contribution in [-0.4, -0.2) is 35.4 Å². The number of hydrogen-bond acceptors (Lipinski definition) is 4. The van der Waals surface area contributed by atoms with Crippen molar-refractivity contribution in [2.24, 2.45) is 0 Å². The Morgan fingerprint density at radius 1 is 1.19 bits per heavy atom. The Morgan fingerprint density at radius 3 is 2.70 bits per heavy atom. The van der Waals surface area contributed by atoms with Gasteiger partial charge in [-0.3, -0.25) is 4.98 Å². The SMILES string of the molecule is Cc1ccc(OC2CCCC(c3ccc(CCOCC(=O)O)cc3)C2)cn1. The number of pyridine rings is 1. The van der Waals surface area contributed by atoms with Crippen molar-refractivity contribution < 1.29 is 19.4 Å². The molecule has 1 aromatic carbocycles. The van der Waals surface area contributed by atoms with Crippen LogP contribution in [0, 0.1) is 6.92 Å². The molecule has 1 aromatic heterocycles. The van der Waals surface area contributed by atoms with Crippen LogP contribution in [-0.2, 0) is 16.0 Å². The van der Waals surface area contributed by atoms with Crippen LogP contribution in [0.2, 0.25) is 0 Å². The molecule has 5 heteroatoms. The molecule has 144 valence electrons. The van der Waals surface area contributed by atoms with Gasteiger partial charge in [0.25, 0.3) is 0 Å². The number of carbonyl (C=O) groups is 1. The lowest BCUT2D eigenvalue weighted by atomic mass is 9.82. The van der Waals surface area contributed by atoms with Gasteiger partial charge >= 0.3 is 5.97 Å². The first-order chi connectivity index (χ1) is 13.1. The number of carboxylic acid groups (broad SMARTS) is 1. The van der Waals surface area contributed by atoms with E-state index in [4.69, 9.17) is 14.6 Å². The first-order valence-electron chi connectivity index (χ1n) is 9.58. The van der Waals surface area contributed by atoms with E-state index in [2.05, 4.69) is 29.2 Å².